The second-order valence-corrected chi connectivity index (χ2v) is 7.89. The molecule has 0 unspecified atom stereocenters. The molecule has 0 atom stereocenters. The molecule has 1 amide bonds. The molecule has 0 spiro atoms. The van der Waals surface area contributed by atoms with Crippen LogP contribution in [0.2, 0.25) is 0 Å². The fourth-order valence-electron chi connectivity index (χ4n) is 4.25. The third-order valence-corrected chi connectivity index (χ3v) is 5.76. The fourth-order valence-corrected chi connectivity index (χ4v) is 4.25. The van der Waals surface area contributed by atoms with Crippen LogP contribution in [-0.4, -0.2) is 39.1 Å². The third-order valence-electron chi connectivity index (χ3n) is 5.76. The van der Waals surface area contributed by atoms with Crippen molar-refractivity contribution < 1.29 is 9.53 Å². The van der Waals surface area contributed by atoms with Crippen LogP contribution in [0.25, 0.3) is 10.9 Å². The summed E-state index contributed by atoms with van der Waals surface area (Å²) in [5.74, 6) is -0.0696. The number of likely N-dealkylation sites (tertiary alicyclic amines) is 1. The van der Waals surface area contributed by atoms with Crippen molar-refractivity contribution in [3.63, 3.8) is 0 Å². The van der Waals surface area contributed by atoms with Gasteiger partial charge in [0.1, 0.15) is 0 Å². The number of hydrogen-bond donors (Lipinski definition) is 0. The highest BCUT2D eigenvalue weighted by atomic mass is 16.5. The first-order valence-corrected chi connectivity index (χ1v) is 10.1. The number of rotatable bonds is 4. The van der Waals surface area contributed by atoms with Gasteiger partial charge < -0.3 is 18.8 Å². The van der Waals surface area contributed by atoms with Crippen LogP contribution in [0.5, 0.6) is 0 Å². The van der Waals surface area contributed by atoms with E-state index in [1.54, 1.807) is 17.8 Å². The zero-order chi connectivity index (χ0) is 20.5. The first kappa shape index (κ1) is 19.5. The van der Waals surface area contributed by atoms with Gasteiger partial charge in [0.15, 0.2) is 0 Å². The average molecular weight is 393 g/mol. The van der Waals surface area contributed by atoms with E-state index < -0.39 is 0 Å². The first-order chi connectivity index (χ1) is 14.0. The number of aryl methyl sites for hydroxylation is 3. The molecule has 0 bridgehead atoms. The van der Waals surface area contributed by atoms with Gasteiger partial charge in [-0.25, -0.2) is 0 Å². The Morgan fingerprint density at radius 3 is 2.45 bits per heavy atom. The fraction of sp³-hybridized carbons (Fsp3) is 0.391. The molecule has 2 aromatic heterocycles. The van der Waals surface area contributed by atoms with Gasteiger partial charge >= 0.3 is 0 Å². The van der Waals surface area contributed by atoms with Crippen LogP contribution in [0.1, 0.15) is 34.3 Å². The van der Waals surface area contributed by atoms with Crippen molar-refractivity contribution in [2.24, 2.45) is 14.1 Å². The summed E-state index contributed by atoms with van der Waals surface area (Å²) < 4.78 is 9.47. The summed E-state index contributed by atoms with van der Waals surface area (Å²) >= 11 is 0. The zero-order valence-corrected chi connectivity index (χ0v) is 17.2. The summed E-state index contributed by atoms with van der Waals surface area (Å²) in [5.41, 5.74) is 3.34. The number of carbonyl (C=O) groups excluding carboxylic acids is 1. The number of carbonyl (C=O) groups is 1. The molecule has 0 aliphatic carbocycles. The molecular weight excluding hydrogens is 366 g/mol. The van der Waals surface area contributed by atoms with Crippen molar-refractivity contribution in [1.29, 1.82) is 0 Å². The van der Waals surface area contributed by atoms with Crippen LogP contribution in [0.4, 0.5) is 0 Å². The van der Waals surface area contributed by atoms with Gasteiger partial charge in [0.2, 0.25) is 0 Å². The van der Waals surface area contributed by atoms with E-state index in [-0.39, 0.29) is 17.6 Å². The molecule has 29 heavy (non-hydrogen) atoms. The second-order valence-electron chi connectivity index (χ2n) is 7.89. The number of benzene rings is 1. The second kappa shape index (κ2) is 7.87. The summed E-state index contributed by atoms with van der Waals surface area (Å²) in [5, 5.41) is 0.516. The highest BCUT2D eigenvalue weighted by molar-refractivity contribution is 6.07. The molecule has 3 heterocycles. The Morgan fingerprint density at radius 1 is 1.07 bits per heavy atom. The molecule has 0 N–H and O–H groups in total. The summed E-state index contributed by atoms with van der Waals surface area (Å²) in [4.78, 5) is 27.8. The predicted molar refractivity (Wildman–Crippen MR) is 113 cm³/mol. The van der Waals surface area contributed by atoms with E-state index in [1.807, 2.05) is 47.8 Å². The number of fused-ring (bicyclic) bond motifs is 1. The molecule has 0 radical (unpaired) electrons. The van der Waals surface area contributed by atoms with Gasteiger partial charge in [0.05, 0.1) is 29.2 Å². The summed E-state index contributed by atoms with van der Waals surface area (Å²) in [6.45, 7) is 3.84. The van der Waals surface area contributed by atoms with Gasteiger partial charge in [-0.1, -0.05) is 30.3 Å². The lowest BCUT2D eigenvalue weighted by molar-refractivity contribution is -0.000340. The monoisotopic (exact) mass is 393 g/mol. The Labute approximate surface area is 170 Å². The van der Waals surface area contributed by atoms with Crippen molar-refractivity contribution in [2.75, 3.05) is 13.1 Å². The molecule has 1 aliphatic rings. The molecule has 6 heteroatoms. The van der Waals surface area contributed by atoms with Crippen LogP contribution in [0.15, 0.2) is 47.5 Å². The molecular formula is C23H27N3O3. The van der Waals surface area contributed by atoms with E-state index in [2.05, 4.69) is 12.1 Å². The van der Waals surface area contributed by atoms with Crippen LogP contribution >= 0.6 is 0 Å². The standard InChI is InChI=1S/C23H27N3O3/c1-16-13-25(3)23(28)20-19(14-24(2)21(16)20)22(27)26-11-9-18(10-12-26)29-15-17-7-5-4-6-8-17/h4-8,13-14,18H,9-12,15H2,1-3H3. The van der Waals surface area contributed by atoms with Gasteiger partial charge in [0.25, 0.3) is 11.5 Å². The lowest BCUT2D eigenvalue weighted by atomic mass is 10.1. The van der Waals surface area contributed by atoms with E-state index in [0.29, 0.717) is 30.6 Å². The minimum Gasteiger partial charge on any atom is -0.373 e. The molecule has 3 aromatic rings. The maximum Gasteiger partial charge on any atom is 0.260 e. The largest absolute Gasteiger partial charge is 0.373 e. The number of amides is 1. The first-order valence-electron chi connectivity index (χ1n) is 10.1. The van der Waals surface area contributed by atoms with E-state index in [4.69, 9.17) is 4.74 Å². The van der Waals surface area contributed by atoms with Crippen LogP contribution in [0, 0.1) is 6.92 Å². The quantitative estimate of drug-likeness (QED) is 0.685. The Balaban J connectivity index is 1.47. The SMILES string of the molecule is Cc1cn(C)c(=O)c2c(C(=O)N3CCC(OCc4ccccc4)CC3)cn(C)c12. The maximum atomic E-state index is 13.2. The van der Waals surface area contributed by atoms with Gasteiger partial charge in [-0.3, -0.25) is 9.59 Å². The number of ether oxygens (including phenoxy) is 1. The van der Waals surface area contributed by atoms with Crippen LogP contribution in [0.3, 0.4) is 0 Å². The minimum atomic E-state index is -0.129. The molecule has 0 saturated carbocycles. The molecule has 1 saturated heterocycles. The Morgan fingerprint density at radius 2 is 1.76 bits per heavy atom. The molecule has 152 valence electrons. The summed E-state index contributed by atoms with van der Waals surface area (Å²) in [7, 11) is 3.61. The molecule has 6 nitrogen and oxygen atoms in total. The van der Waals surface area contributed by atoms with Crippen LogP contribution in [-0.2, 0) is 25.4 Å². The number of aromatic nitrogens is 2. The third kappa shape index (κ3) is 3.72. The van der Waals surface area contributed by atoms with Crippen molar-refractivity contribution in [2.45, 2.75) is 32.5 Å². The molecule has 1 fully saturated rings. The topological polar surface area (TPSA) is 56.5 Å². The Kier molecular flexibility index (Phi) is 5.28. The van der Waals surface area contributed by atoms with Crippen molar-refractivity contribution in [3.8, 4) is 0 Å². The Bertz CT molecular complexity index is 1090. The average Bonchev–Trinajstić information content (AvgIpc) is 3.09. The smallest absolute Gasteiger partial charge is 0.260 e. The molecule has 4 rings (SSSR count). The highest BCUT2D eigenvalue weighted by Gasteiger charge is 2.27. The lowest BCUT2D eigenvalue weighted by Crippen LogP contribution is -2.41. The van der Waals surface area contributed by atoms with E-state index in [1.165, 1.54) is 0 Å². The summed E-state index contributed by atoms with van der Waals surface area (Å²) in [6.07, 6.45) is 5.37. The van der Waals surface area contributed by atoms with Gasteiger partial charge in [-0.2, -0.15) is 0 Å². The summed E-state index contributed by atoms with van der Waals surface area (Å²) in [6, 6.07) is 10.1. The maximum absolute atomic E-state index is 13.2. The van der Waals surface area contributed by atoms with Crippen molar-refractivity contribution in [1.82, 2.24) is 14.0 Å². The normalized spacial score (nSPS) is 15.2. The predicted octanol–water partition coefficient (Wildman–Crippen LogP) is 3.01. The van der Waals surface area contributed by atoms with Gasteiger partial charge in [0, 0.05) is 39.6 Å². The molecule has 1 aromatic carbocycles. The number of pyridine rings is 1. The van der Waals surface area contributed by atoms with E-state index in [0.717, 1.165) is 29.5 Å². The highest BCUT2D eigenvalue weighted by Crippen LogP contribution is 2.24. The lowest BCUT2D eigenvalue weighted by Gasteiger charge is -2.32. The Hall–Kier alpha value is -2.86. The zero-order valence-electron chi connectivity index (χ0n) is 17.2. The number of piperidine rings is 1. The molecule has 1 aliphatic heterocycles. The number of hydrogen-bond acceptors (Lipinski definition) is 3. The van der Waals surface area contributed by atoms with E-state index >= 15 is 0 Å². The van der Waals surface area contributed by atoms with Gasteiger partial charge in [-0.15, -0.1) is 0 Å². The number of nitrogens with zero attached hydrogens (tertiary/aromatic N) is 3. The minimum absolute atomic E-state index is 0.0696. The van der Waals surface area contributed by atoms with Gasteiger partial charge in [-0.05, 0) is 30.9 Å². The van der Waals surface area contributed by atoms with Crippen molar-refractivity contribution >= 4 is 16.8 Å². The van der Waals surface area contributed by atoms with Crippen LogP contribution < -0.4 is 5.56 Å². The van der Waals surface area contributed by atoms with Crippen molar-refractivity contribution in [3.05, 3.63) is 69.8 Å². The van der Waals surface area contributed by atoms with E-state index in [9.17, 15) is 9.59 Å².